The van der Waals surface area contributed by atoms with Gasteiger partial charge >= 0.3 is 5.97 Å². The number of carbonyl (C=O) groups excluding carboxylic acids is 1. The molecule has 0 atom stereocenters. The van der Waals surface area contributed by atoms with Gasteiger partial charge < -0.3 is 4.74 Å². The zero-order valence-electron chi connectivity index (χ0n) is 12.1. The van der Waals surface area contributed by atoms with Crippen molar-refractivity contribution in [1.29, 1.82) is 0 Å². The smallest absolute Gasteiger partial charge is 0.357 e. The number of carbonyl (C=O) groups is 1. The Bertz CT molecular complexity index is 658. The van der Waals surface area contributed by atoms with Crippen LogP contribution >= 0.6 is 15.9 Å². The summed E-state index contributed by atoms with van der Waals surface area (Å²) in [5, 5.41) is 11.5. The average molecular weight is 341 g/mol. The molecule has 0 bridgehead atoms. The van der Waals surface area contributed by atoms with Gasteiger partial charge in [-0.05, 0) is 43.6 Å². The van der Waals surface area contributed by atoms with E-state index in [1.54, 1.807) is 0 Å². The van der Waals surface area contributed by atoms with Crippen LogP contribution < -0.4 is 0 Å². The first kappa shape index (κ1) is 14.8. The number of ether oxygens (including phenoxy) is 1. The Kier molecular flexibility index (Phi) is 3.99. The molecule has 2 aromatic heterocycles. The number of nitrogens with zero attached hydrogens (tertiary/aromatic N) is 3. The van der Waals surface area contributed by atoms with Crippen LogP contribution in [0.1, 0.15) is 41.8 Å². The summed E-state index contributed by atoms with van der Waals surface area (Å²) >= 11 is 3.41. The molecule has 6 nitrogen and oxygen atoms in total. The lowest BCUT2D eigenvalue weighted by Gasteiger charge is -2.08. The van der Waals surface area contributed by atoms with Crippen LogP contribution in [0.15, 0.2) is 4.47 Å². The number of methoxy groups -OCH3 is 1. The number of aromatic amines is 1. The average Bonchev–Trinajstić information content (AvgIpc) is 2.90. The number of aromatic nitrogens is 4. The third-order valence-corrected chi connectivity index (χ3v) is 3.92. The molecule has 0 aliphatic heterocycles. The number of rotatable bonds is 3. The van der Waals surface area contributed by atoms with Crippen molar-refractivity contribution >= 4 is 21.9 Å². The highest BCUT2D eigenvalue weighted by atomic mass is 79.9. The molecule has 2 heterocycles. The van der Waals surface area contributed by atoms with Crippen LogP contribution in [0.4, 0.5) is 0 Å². The third-order valence-electron chi connectivity index (χ3n) is 3.15. The largest absolute Gasteiger partial charge is 0.464 e. The SMILES string of the molecule is COC(=O)c1[nH]nc(-c2c(C)nn(C(C)C)c2C)c1Br. The minimum absolute atomic E-state index is 0.264. The van der Waals surface area contributed by atoms with Crippen LogP contribution in [0.5, 0.6) is 0 Å². The maximum Gasteiger partial charge on any atom is 0.357 e. The minimum Gasteiger partial charge on any atom is -0.464 e. The molecule has 108 valence electrons. The van der Waals surface area contributed by atoms with E-state index in [-0.39, 0.29) is 6.04 Å². The van der Waals surface area contributed by atoms with Gasteiger partial charge in [-0.3, -0.25) is 9.78 Å². The summed E-state index contributed by atoms with van der Waals surface area (Å²) in [5.41, 5.74) is 3.80. The van der Waals surface area contributed by atoms with Crippen molar-refractivity contribution in [3.63, 3.8) is 0 Å². The third kappa shape index (κ3) is 2.26. The zero-order valence-corrected chi connectivity index (χ0v) is 13.7. The Morgan fingerprint density at radius 2 is 2.05 bits per heavy atom. The number of esters is 1. The Morgan fingerprint density at radius 1 is 1.40 bits per heavy atom. The fourth-order valence-corrected chi connectivity index (χ4v) is 2.78. The first-order valence-corrected chi connectivity index (χ1v) is 7.06. The van der Waals surface area contributed by atoms with Crippen molar-refractivity contribution in [3.05, 3.63) is 21.6 Å². The molecule has 0 spiro atoms. The van der Waals surface area contributed by atoms with E-state index in [1.807, 2.05) is 18.5 Å². The lowest BCUT2D eigenvalue weighted by atomic mass is 10.1. The van der Waals surface area contributed by atoms with Crippen LogP contribution in [-0.2, 0) is 4.74 Å². The standard InChI is InChI=1S/C13H17BrN4O2/c1-6(2)18-8(4)9(7(3)17-18)11-10(14)12(16-15-11)13(19)20-5/h6H,1-5H3,(H,15,16). The van der Waals surface area contributed by atoms with Crippen LogP contribution in [0.25, 0.3) is 11.3 Å². The Morgan fingerprint density at radius 3 is 2.55 bits per heavy atom. The van der Waals surface area contributed by atoms with E-state index in [2.05, 4.69) is 45.1 Å². The molecule has 0 saturated carbocycles. The van der Waals surface area contributed by atoms with Gasteiger partial charge in [0, 0.05) is 17.3 Å². The predicted octanol–water partition coefficient (Wildman–Crippen LogP) is 3.02. The van der Waals surface area contributed by atoms with Crippen molar-refractivity contribution in [2.75, 3.05) is 7.11 Å². The fraction of sp³-hybridized carbons (Fsp3) is 0.462. The second-order valence-electron chi connectivity index (χ2n) is 4.84. The maximum absolute atomic E-state index is 11.6. The molecule has 0 aliphatic carbocycles. The number of aryl methyl sites for hydroxylation is 1. The molecular weight excluding hydrogens is 324 g/mol. The molecule has 0 aromatic carbocycles. The topological polar surface area (TPSA) is 72.8 Å². The van der Waals surface area contributed by atoms with Crippen molar-refractivity contribution in [3.8, 4) is 11.3 Å². The number of nitrogens with one attached hydrogen (secondary N) is 1. The highest BCUT2D eigenvalue weighted by molar-refractivity contribution is 9.10. The van der Waals surface area contributed by atoms with Crippen LogP contribution in [0, 0.1) is 13.8 Å². The molecule has 0 fully saturated rings. The first-order valence-electron chi connectivity index (χ1n) is 6.26. The highest BCUT2D eigenvalue weighted by Crippen LogP contribution is 2.34. The molecule has 2 rings (SSSR count). The van der Waals surface area contributed by atoms with Crippen molar-refractivity contribution in [2.24, 2.45) is 0 Å². The molecular formula is C13H17BrN4O2. The number of hydrogen-bond donors (Lipinski definition) is 1. The molecule has 20 heavy (non-hydrogen) atoms. The van der Waals surface area contributed by atoms with Gasteiger partial charge in [0.25, 0.3) is 0 Å². The van der Waals surface area contributed by atoms with Gasteiger partial charge in [0.1, 0.15) is 5.69 Å². The van der Waals surface area contributed by atoms with Gasteiger partial charge in [-0.1, -0.05) is 0 Å². The number of hydrogen-bond acceptors (Lipinski definition) is 4. The van der Waals surface area contributed by atoms with Crippen molar-refractivity contribution in [1.82, 2.24) is 20.0 Å². The fourth-order valence-electron chi connectivity index (χ4n) is 2.24. The van der Waals surface area contributed by atoms with Crippen molar-refractivity contribution in [2.45, 2.75) is 33.7 Å². The van der Waals surface area contributed by atoms with E-state index in [1.165, 1.54) is 7.11 Å². The first-order chi connectivity index (χ1) is 9.38. The lowest BCUT2D eigenvalue weighted by molar-refractivity contribution is 0.0593. The summed E-state index contributed by atoms with van der Waals surface area (Å²) in [6, 6.07) is 0.264. The van der Waals surface area contributed by atoms with E-state index in [4.69, 9.17) is 4.74 Å². The Labute approximate surface area is 125 Å². The summed E-state index contributed by atoms with van der Waals surface area (Å²) in [6.45, 7) is 8.07. The van der Waals surface area contributed by atoms with E-state index in [9.17, 15) is 4.79 Å². The zero-order chi connectivity index (χ0) is 15.0. The van der Waals surface area contributed by atoms with Gasteiger partial charge in [-0.25, -0.2) is 4.79 Å². The van der Waals surface area contributed by atoms with Gasteiger partial charge in [0.05, 0.1) is 17.3 Å². The summed E-state index contributed by atoms with van der Waals surface area (Å²) in [4.78, 5) is 11.6. The molecule has 0 aliphatic rings. The monoisotopic (exact) mass is 340 g/mol. The van der Waals surface area contributed by atoms with Crippen molar-refractivity contribution < 1.29 is 9.53 Å². The summed E-state index contributed by atoms with van der Waals surface area (Å²) < 4.78 is 7.25. The van der Waals surface area contributed by atoms with E-state index >= 15 is 0 Å². The predicted molar refractivity (Wildman–Crippen MR) is 78.7 cm³/mol. The molecule has 7 heteroatoms. The normalized spacial score (nSPS) is 11.2. The van der Waals surface area contributed by atoms with E-state index < -0.39 is 5.97 Å². The van der Waals surface area contributed by atoms with Gasteiger partial charge in [-0.2, -0.15) is 10.2 Å². The minimum atomic E-state index is -0.456. The second kappa shape index (κ2) is 5.40. The van der Waals surface area contributed by atoms with Gasteiger partial charge in [0.2, 0.25) is 0 Å². The van der Waals surface area contributed by atoms with Gasteiger partial charge in [-0.15, -0.1) is 0 Å². The summed E-state index contributed by atoms with van der Waals surface area (Å²) in [7, 11) is 1.34. The molecule has 0 radical (unpaired) electrons. The number of H-pyrrole nitrogens is 1. The molecule has 1 N–H and O–H groups in total. The molecule has 0 saturated heterocycles. The molecule has 0 amide bonds. The molecule has 0 unspecified atom stereocenters. The summed E-state index contributed by atoms with van der Waals surface area (Å²) in [5.74, 6) is -0.456. The van der Waals surface area contributed by atoms with Crippen LogP contribution in [-0.4, -0.2) is 33.1 Å². The van der Waals surface area contributed by atoms with E-state index in [0.29, 0.717) is 15.9 Å². The Balaban J connectivity index is 2.58. The maximum atomic E-state index is 11.6. The van der Waals surface area contributed by atoms with Crippen LogP contribution in [0.3, 0.4) is 0 Å². The van der Waals surface area contributed by atoms with Gasteiger partial charge in [0.15, 0.2) is 5.69 Å². The Hall–Kier alpha value is -1.63. The quantitative estimate of drug-likeness (QED) is 0.871. The highest BCUT2D eigenvalue weighted by Gasteiger charge is 2.24. The van der Waals surface area contributed by atoms with E-state index in [0.717, 1.165) is 17.0 Å². The number of halogens is 1. The lowest BCUT2D eigenvalue weighted by Crippen LogP contribution is -2.04. The second-order valence-corrected chi connectivity index (χ2v) is 5.63. The van der Waals surface area contributed by atoms with Crippen LogP contribution in [0.2, 0.25) is 0 Å². The summed E-state index contributed by atoms with van der Waals surface area (Å²) in [6.07, 6.45) is 0. The molecule has 2 aromatic rings.